The Labute approximate surface area is 161 Å². The van der Waals surface area contributed by atoms with Crippen LogP contribution in [0.4, 0.5) is 0 Å². The first-order valence-corrected chi connectivity index (χ1v) is 8.16. The minimum atomic E-state index is 0. The van der Waals surface area contributed by atoms with Crippen molar-refractivity contribution >= 4 is 29.9 Å². The second-order valence-corrected chi connectivity index (χ2v) is 5.27. The lowest BCUT2D eigenvalue weighted by Crippen LogP contribution is -2.38. The van der Waals surface area contributed by atoms with E-state index in [4.69, 9.17) is 0 Å². The second-order valence-electron chi connectivity index (χ2n) is 5.27. The van der Waals surface area contributed by atoms with Gasteiger partial charge in [-0.15, -0.1) is 34.2 Å². The third-order valence-corrected chi connectivity index (χ3v) is 3.83. The minimum absolute atomic E-state index is 0. The Kier molecular flexibility index (Phi) is 9.36. The quantitative estimate of drug-likeness (QED) is 0.393. The zero-order valence-corrected chi connectivity index (χ0v) is 16.9. The number of halogens is 1. The van der Waals surface area contributed by atoms with Crippen molar-refractivity contribution in [2.45, 2.75) is 39.8 Å². The number of hydrogen-bond acceptors (Lipinski definition) is 3. The normalized spacial score (nSPS) is 11.0. The molecule has 0 aliphatic rings. The molecular weight excluding hydrogens is 415 g/mol. The summed E-state index contributed by atoms with van der Waals surface area (Å²) in [6.45, 7) is 6.63. The van der Waals surface area contributed by atoms with Crippen molar-refractivity contribution in [3.8, 4) is 0 Å². The van der Waals surface area contributed by atoms with Gasteiger partial charge in [0.15, 0.2) is 5.96 Å². The fourth-order valence-electron chi connectivity index (χ4n) is 2.51. The Morgan fingerprint density at radius 3 is 2.54 bits per heavy atom. The number of hydrogen-bond donors (Lipinski definition) is 2. The summed E-state index contributed by atoms with van der Waals surface area (Å²) in [5, 5.41) is 14.7. The smallest absolute Gasteiger partial charge is 0.191 e. The third-order valence-electron chi connectivity index (χ3n) is 3.83. The van der Waals surface area contributed by atoms with E-state index >= 15 is 0 Å². The van der Waals surface area contributed by atoms with E-state index in [0.29, 0.717) is 0 Å². The summed E-state index contributed by atoms with van der Waals surface area (Å²) in [6.07, 6.45) is 3.70. The molecule has 0 unspecified atom stereocenters. The van der Waals surface area contributed by atoms with Crippen molar-refractivity contribution in [2.75, 3.05) is 13.6 Å². The van der Waals surface area contributed by atoms with Gasteiger partial charge < -0.3 is 15.2 Å². The van der Waals surface area contributed by atoms with E-state index in [1.807, 2.05) is 0 Å². The molecule has 0 spiro atoms. The maximum Gasteiger partial charge on any atom is 0.191 e. The summed E-state index contributed by atoms with van der Waals surface area (Å²) in [6, 6.07) is 8.49. The van der Waals surface area contributed by atoms with Crippen molar-refractivity contribution in [3.63, 3.8) is 0 Å². The molecule has 2 rings (SSSR count). The molecule has 1 aromatic carbocycles. The predicted octanol–water partition coefficient (Wildman–Crippen LogP) is 2.39. The number of aliphatic imine (C=N–C) groups is 1. The summed E-state index contributed by atoms with van der Waals surface area (Å²) >= 11 is 0. The molecular formula is C17H27IN6. The molecule has 132 valence electrons. The molecule has 0 aliphatic heterocycles. The summed E-state index contributed by atoms with van der Waals surface area (Å²) < 4.78 is 2.06. The molecule has 0 fully saturated rings. The zero-order chi connectivity index (χ0) is 16.5. The molecule has 0 radical (unpaired) electrons. The SMILES string of the molecule is CCc1ccccc1CNC(=NC)NCCn1cnnc1CC.I. The lowest BCUT2D eigenvalue weighted by atomic mass is 10.1. The standard InChI is InChI=1S/C17H26N6.HI/c1-4-14-8-6-7-9-15(14)12-20-17(18-3)19-10-11-23-13-21-22-16(23)5-2;/h6-9,13H,4-5,10-12H2,1-3H3,(H2,18,19,20);1H. The zero-order valence-electron chi connectivity index (χ0n) is 14.6. The van der Waals surface area contributed by atoms with E-state index in [1.54, 1.807) is 13.4 Å². The van der Waals surface area contributed by atoms with Crippen molar-refractivity contribution < 1.29 is 0 Å². The van der Waals surface area contributed by atoms with Crippen LogP contribution < -0.4 is 10.6 Å². The molecule has 0 amide bonds. The number of guanidine groups is 1. The molecule has 2 N–H and O–H groups in total. The van der Waals surface area contributed by atoms with E-state index in [0.717, 1.165) is 44.3 Å². The fourth-order valence-corrected chi connectivity index (χ4v) is 2.51. The van der Waals surface area contributed by atoms with E-state index in [1.165, 1.54) is 11.1 Å². The Bertz CT molecular complexity index is 638. The summed E-state index contributed by atoms with van der Waals surface area (Å²) in [5.41, 5.74) is 2.68. The molecule has 24 heavy (non-hydrogen) atoms. The third kappa shape index (κ3) is 5.77. The molecule has 2 aromatic rings. The number of aromatic nitrogens is 3. The average Bonchev–Trinajstić information content (AvgIpc) is 3.05. The number of nitrogens with zero attached hydrogens (tertiary/aromatic N) is 4. The lowest BCUT2D eigenvalue weighted by Gasteiger charge is -2.14. The molecule has 0 aliphatic carbocycles. The molecule has 7 heteroatoms. The lowest BCUT2D eigenvalue weighted by molar-refractivity contribution is 0.632. The molecule has 0 saturated carbocycles. The number of benzene rings is 1. The minimum Gasteiger partial charge on any atom is -0.355 e. The van der Waals surface area contributed by atoms with Gasteiger partial charge in [0.05, 0.1) is 0 Å². The van der Waals surface area contributed by atoms with Crippen LogP contribution in [-0.4, -0.2) is 34.3 Å². The molecule has 6 nitrogen and oxygen atoms in total. The summed E-state index contributed by atoms with van der Waals surface area (Å²) in [4.78, 5) is 4.27. The average molecular weight is 442 g/mol. The highest BCUT2D eigenvalue weighted by molar-refractivity contribution is 14.0. The van der Waals surface area contributed by atoms with Gasteiger partial charge in [-0.05, 0) is 17.5 Å². The number of aryl methyl sites for hydroxylation is 2. The van der Waals surface area contributed by atoms with Gasteiger partial charge in [0.25, 0.3) is 0 Å². The van der Waals surface area contributed by atoms with E-state index < -0.39 is 0 Å². The van der Waals surface area contributed by atoms with Gasteiger partial charge in [0.1, 0.15) is 12.2 Å². The number of rotatable bonds is 7. The maximum atomic E-state index is 4.27. The van der Waals surface area contributed by atoms with Crippen molar-refractivity contribution in [3.05, 3.63) is 47.5 Å². The van der Waals surface area contributed by atoms with Crippen LogP contribution in [0.1, 0.15) is 30.8 Å². The van der Waals surface area contributed by atoms with Crippen LogP contribution in [0.25, 0.3) is 0 Å². The van der Waals surface area contributed by atoms with Crippen LogP contribution in [-0.2, 0) is 25.9 Å². The van der Waals surface area contributed by atoms with Gasteiger partial charge in [-0.3, -0.25) is 4.99 Å². The first-order valence-electron chi connectivity index (χ1n) is 8.16. The van der Waals surface area contributed by atoms with Gasteiger partial charge in [0.2, 0.25) is 0 Å². The largest absolute Gasteiger partial charge is 0.355 e. The molecule has 1 heterocycles. The first kappa shape index (κ1) is 20.4. The second kappa shape index (κ2) is 11.0. The Hall–Kier alpha value is -1.64. The van der Waals surface area contributed by atoms with Gasteiger partial charge in [-0.2, -0.15) is 0 Å². The van der Waals surface area contributed by atoms with Crippen LogP contribution in [0.2, 0.25) is 0 Å². The topological polar surface area (TPSA) is 67.1 Å². The van der Waals surface area contributed by atoms with Crippen molar-refractivity contribution in [1.82, 2.24) is 25.4 Å². The van der Waals surface area contributed by atoms with E-state index in [9.17, 15) is 0 Å². The highest BCUT2D eigenvalue weighted by Crippen LogP contribution is 2.08. The van der Waals surface area contributed by atoms with Gasteiger partial charge in [-0.25, -0.2) is 0 Å². The fraction of sp³-hybridized carbons (Fsp3) is 0.471. The van der Waals surface area contributed by atoms with Crippen LogP contribution >= 0.6 is 24.0 Å². The Balaban J connectivity index is 0.00000288. The molecule has 0 bridgehead atoms. The van der Waals surface area contributed by atoms with E-state index in [-0.39, 0.29) is 24.0 Å². The van der Waals surface area contributed by atoms with Gasteiger partial charge in [0, 0.05) is 33.1 Å². The van der Waals surface area contributed by atoms with Gasteiger partial charge in [-0.1, -0.05) is 38.1 Å². The first-order chi connectivity index (χ1) is 11.3. The van der Waals surface area contributed by atoms with Crippen LogP contribution in [0.3, 0.4) is 0 Å². The number of nitrogens with one attached hydrogen (secondary N) is 2. The van der Waals surface area contributed by atoms with Crippen LogP contribution in [0, 0.1) is 0 Å². The predicted molar refractivity (Wildman–Crippen MR) is 109 cm³/mol. The van der Waals surface area contributed by atoms with E-state index in [2.05, 4.69) is 68.5 Å². The Morgan fingerprint density at radius 1 is 1.12 bits per heavy atom. The highest BCUT2D eigenvalue weighted by atomic mass is 127. The van der Waals surface area contributed by atoms with Gasteiger partial charge >= 0.3 is 0 Å². The monoisotopic (exact) mass is 442 g/mol. The summed E-state index contributed by atoms with van der Waals surface area (Å²) in [5.74, 6) is 1.81. The molecule has 0 atom stereocenters. The van der Waals surface area contributed by atoms with Crippen molar-refractivity contribution in [1.29, 1.82) is 0 Å². The highest BCUT2D eigenvalue weighted by Gasteiger charge is 2.03. The summed E-state index contributed by atoms with van der Waals surface area (Å²) in [7, 11) is 1.79. The Morgan fingerprint density at radius 2 is 1.88 bits per heavy atom. The maximum absolute atomic E-state index is 4.27. The molecule has 1 aromatic heterocycles. The van der Waals surface area contributed by atoms with Crippen LogP contribution in [0.15, 0.2) is 35.6 Å². The van der Waals surface area contributed by atoms with Crippen molar-refractivity contribution in [2.24, 2.45) is 4.99 Å². The van der Waals surface area contributed by atoms with Crippen LogP contribution in [0.5, 0.6) is 0 Å². The molecule has 0 saturated heterocycles.